The Morgan fingerprint density at radius 3 is 2.83 bits per heavy atom. The van der Waals surface area contributed by atoms with Gasteiger partial charge < -0.3 is 9.26 Å². The van der Waals surface area contributed by atoms with Crippen molar-refractivity contribution in [3.8, 4) is 0 Å². The number of hydrogen-bond donors (Lipinski definition) is 0. The molecule has 3 aromatic rings. The normalized spacial score (nSPS) is 10.9. The second kappa shape index (κ2) is 6.61. The molecule has 1 aromatic carbocycles. The highest BCUT2D eigenvalue weighted by atomic mass is 16.5. The molecule has 8 nitrogen and oxygen atoms in total. The molecule has 0 bridgehead atoms. The number of benzene rings is 1. The Kier molecular flexibility index (Phi) is 4.37. The molecule has 24 heavy (non-hydrogen) atoms. The predicted octanol–water partition coefficient (Wildman–Crippen LogP) is 1.53. The molecule has 0 aliphatic carbocycles. The Morgan fingerprint density at radius 1 is 1.29 bits per heavy atom. The zero-order valence-corrected chi connectivity index (χ0v) is 13.4. The predicted molar refractivity (Wildman–Crippen MR) is 84.2 cm³/mol. The lowest BCUT2D eigenvalue weighted by atomic mass is 10.1. The summed E-state index contributed by atoms with van der Waals surface area (Å²) in [5.74, 6) is 0.258. The van der Waals surface area contributed by atoms with Crippen molar-refractivity contribution in [3.63, 3.8) is 0 Å². The van der Waals surface area contributed by atoms with Crippen LogP contribution in [0.25, 0.3) is 10.9 Å². The van der Waals surface area contributed by atoms with Gasteiger partial charge in [0.2, 0.25) is 0 Å². The molecule has 0 spiro atoms. The van der Waals surface area contributed by atoms with Gasteiger partial charge in [0.15, 0.2) is 6.73 Å². The summed E-state index contributed by atoms with van der Waals surface area (Å²) in [6, 6.07) is 6.87. The molecule has 2 aromatic heterocycles. The number of hydrogen-bond acceptors (Lipinski definition) is 7. The monoisotopic (exact) mass is 328 g/mol. The third kappa shape index (κ3) is 3.17. The molecule has 3 rings (SSSR count). The minimum absolute atomic E-state index is 0.165. The highest BCUT2D eigenvalue weighted by molar-refractivity contribution is 5.76. The summed E-state index contributed by atoms with van der Waals surface area (Å²) < 4.78 is 11.2. The molecule has 0 unspecified atom stereocenters. The zero-order chi connectivity index (χ0) is 17.1. The van der Waals surface area contributed by atoms with Crippen LogP contribution in [-0.4, -0.2) is 26.1 Å². The minimum atomic E-state index is -0.433. The quantitative estimate of drug-likeness (QED) is 0.655. The van der Waals surface area contributed by atoms with Crippen LogP contribution in [0.4, 0.5) is 0 Å². The number of carbonyl (C=O) groups excluding carboxylic acids is 1. The van der Waals surface area contributed by atoms with Gasteiger partial charge in [-0.25, -0.2) is 0 Å². The molecule has 0 N–H and O–H groups in total. The van der Waals surface area contributed by atoms with Crippen LogP contribution < -0.4 is 5.56 Å². The third-order valence-corrected chi connectivity index (χ3v) is 3.74. The van der Waals surface area contributed by atoms with Crippen LogP contribution in [0.15, 0.2) is 33.6 Å². The number of aromatic nitrogens is 4. The number of aryl methyl sites for hydroxylation is 2. The number of ether oxygens (including phenoxy) is 1. The molecule has 0 atom stereocenters. The van der Waals surface area contributed by atoms with E-state index < -0.39 is 5.97 Å². The van der Waals surface area contributed by atoms with Gasteiger partial charge in [-0.05, 0) is 32.4 Å². The molecule has 124 valence electrons. The van der Waals surface area contributed by atoms with Crippen LogP contribution in [0.5, 0.6) is 0 Å². The molecule has 0 aliphatic rings. The maximum absolute atomic E-state index is 12.2. The van der Waals surface area contributed by atoms with Crippen molar-refractivity contribution in [3.05, 3.63) is 51.6 Å². The lowest BCUT2D eigenvalue weighted by Gasteiger charge is -2.06. The fraction of sp³-hybridized carbons (Fsp3) is 0.312. The standard InChI is InChI=1S/C16H16N4O4/c1-10-12(11(2)24-18-10)7-8-15(21)23-9-20-16(22)13-5-3-4-6-14(13)17-19-20/h3-6H,7-9H2,1-2H3. The van der Waals surface area contributed by atoms with Gasteiger partial charge in [-0.3, -0.25) is 9.59 Å². The van der Waals surface area contributed by atoms with Crippen LogP contribution >= 0.6 is 0 Å². The van der Waals surface area contributed by atoms with E-state index in [-0.39, 0.29) is 18.7 Å². The first-order valence-electron chi connectivity index (χ1n) is 7.46. The van der Waals surface area contributed by atoms with Crippen LogP contribution in [0.2, 0.25) is 0 Å². The maximum Gasteiger partial charge on any atom is 0.307 e. The molecular formula is C16H16N4O4. The van der Waals surface area contributed by atoms with Crippen molar-refractivity contribution in [1.29, 1.82) is 0 Å². The van der Waals surface area contributed by atoms with E-state index in [1.807, 2.05) is 6.92 Å². The van der Waals surface area contributed by atoms with Crippen LogP contribution in [-0.2, 0) is 22.7 Å². The summed E-state index contributed by atoms with van der Waals surface area (Å²) in [4.78, 5) is 24.1. The van der Waals surface area contributed by atoms with E-state index in [1.54, 1.807) is 31.2 Å². The molecule has 0 amide bonds. The Labute approximate surface area is 137 Å². The topological polar surface area (TPSA) is 100 Å². The van der Waals surface area contributed by atoms with E-state index in [0.717, 1.165) is 15.9 Å². The van der Waals surface area contributed by atoms with E-state index in [0.29, 0.717) is 23.1 Å². The average Bonchev–Trinajstić information content (AvgIpc) is 2.91. The molecule has 8 heteroatoms. The van der Waals surface area contributed by atoms with Gasteiger partial charge in [0.25, 0.3) is 5.56 Å². The smallest absolute Gasteiger partial charge is 0.307 e. The second-order valence-corrected chi connectivity index (χ2v) is 5.36. The van der Waals surface area contributed by atoms with Crippen LogP contribution in [0, 0.1) is 13.8 Å². The largest absolute Gasteiger partial charge is 0.442 e. The summed E-state index contributed by atoms with van der Waals surface area (Å²) in [6.07, 6.45) is 0.636. The fourth-order valence-corrected chi connectivity index (χ4v) is 2.40. The van der Waals surface area contributed by atoms with E-state index in [4.69, 9.17) is 9.26 Å². The summed E-state index contributed by atoms with van der Waals surface area (Å²) in [5, 5.41) is 12.0. The van der Waals surface area contributed by atoms with Gasteiger partial charge in [-0.1, -0.05) is 22.5 Å². The average molecular weight is 328 g/mol. The number of fused-ring (bicyclic) bond motifs is 1. The lowest BCUT2D eigenvalue weighted by molar-refractivity contribution is -0.148. The third-order valence-electron chi connectivity index (χ3n) is 3.74. The first-order valence-corrected chi connectivity index (χ1v) is 7.46. The van der Waals surface area contributed by atoms with Crippen LogP contribution in [0.1, 0.15) is 23.4 Å². The highest BCUT2D eigenvalue weighted by Crippen LogP contribution is 2.14. The zero-order valence-electron chi connectivity index (χ0n) is 13.4. The van der Waals surface area contributed by atoms with E-state index in [2.05, 4.69) is 15.5 Å². The Hall–Kier alpha value is -3.03. The minimum Gasteiger partial charge on any atom is -0.442 e. The van der Waals surface area contributed by atoms with Gasteiger partial charge in [-0.15, -0.1) is 5.10 Å². The van der Waals surface area contributed by atoms with Gasteiger partial charge in [0.1, 0.15) is 11.3 Å². The van der Waals surface area contributed by atoms with E-state index in [9.17, 15) is 9.59 Å². The van der Waals surface area contributed by atoms with E-state index >= 15 is 0 Å². The van der Waals surface area contributed by atoms with E-state index in [1.165, 1.54) is 0 Å². The highest BCUT2D eigenvalue weighted by Gasteiger charge is 2.13. The van der Waals surface area contributed by atoms with Gasteiger partial charge in [0, 0.05) is 12.0 Å². The molecule has 0 radical (unpaired) electrons. The van der Waals surface area contributed by atoms with Crippen molar-refractivity contribution in [2.24, 2.45) is 0 Å². The number of nitrogens with zero attached hydrogens (tertiary/aromatic N) is 4. The Bertz CT molecular complexity index is 925. The first-order chi connectivity index (χ1) is 11.6. The molecule has 0 saturated carbocycles. The SMILES string of the molecule is Cc1noc(C)c1CCC(=O)OCn1nnc2ccccc2c1=O. The molecule has 2 heterocycles. The van der Waals surface area contributed by atoms with Crippen LogP contribution in [0.3, 0.4) is 0 Å². The summed E-state index contributed by atoms with van der Waals surface area (Å²) in [7, 11) is 0. The molecule has 0 aliphatic heterocycles. The van der Waals surface area contributed by atoms with Gasteiger partial charge in [-0.2, -0.15) is 4.68 Å². The van der Waals surface area contributed by atoms with Crippen molar-refractivity contribution in [2.75, 3.05) is 0 Å². The lowest BCUT2D eigenvalue weighted by Crippen LogP contribution is -2.26. The Morgan fingerprint density at radius 2 is 2.08 bits per heavy atom. The first kappa shape index (κ1) is 15.9. The second-order valence-electron chi connectivity index (χ2n) is 5.36. The van der Waals surface area contributed by atoms with Gasteiger partial charge >= 0.3 is 5.97 Å². The number of carbonyl (C=O) groups is 1. The summed E-state index contributed by atoms with van der Waals surface area (Å²) in [6.45, 7) is 3.35. The molecule has 0 fully saturated rings. The van der Waals surface area contributed by atoms with Crippen molar-refractivity contribution in [1.82, 2.24) is 20.2 Å². The number of rotatable bonds is 5. The van der Waals surface area contributed by atoms with Crippen molar-refractivity contribution < 1.29 is 14.1 Å². The maximum atomic E-state index is 12.2. The molecule has 0 saturated heterocycles. The van der Waals surface area contributed by atoms with Crippen molar-refractivity contribution in [2.45, 2.75) is 33.4 Å². The van der Waals surface area contributed by atoms with Gasteiger partial charge in [0.05, 0.1) is 11.1 Å². The fourth-order valence-electron chi connectivity index (χ4n) is 2.40. The number of esters is 1. The van der Waals surface area contributed by atoms with Crippen molar-refractivity contribution >= 4 is 16.9 Å². The molecular weight excluding hydrogens is 312 g/mol. The Balaban J connectivity index is 1.62. The summed E-state index contributed by atoms with van der Waals surface area (Å²) in [5.41, 5.74) is 1.81. The summed E-state index contributed by atoms with van der Waals surface area (Å²) >= 11 is 0.